The average molecular weight is 314 g/mol. The molecule has 1 aromatic carbocycles. The highest BCUT2D eigenvalue weighted by Crippen LogP contribution is 2.29. The van der Waals surface area contributed by atoms with E-state index in [2.05, 4.69) is 0 Å². The number of nitro groups is 1. The van der Waals surface area contributed by atoms with E-state index in [9.17, 15) is 23.3 Å². The van der Waals surface area contributed by atoms with Crippen LogP contribution in [0.15, 0.2) is 29.2 Å². The Bertz CT molecular complexity index is 672. The number of rotatable bonds is 4. The van der Waals surface area contributed by atoms with Crippen LogP contribution >= 0.6 is 0 Å². The monoisotopic (exact) mass is 314 g/mol. The zero-order chi connectivity index (χ0) is 15.6. The number of hydrogen-bond donors (Lipinski definition) is 1. The van der Waals surface area contributed by atoms with Gasteiger partial charge < -0.3 is 5.11 Å². The molecule has 0 saturated carbocycles. The molecule has 1 aliphatic heterocycles. The Morgan fingerprint density at radius 1 is 1.38 bits per heavy atom. The Hall–Kier alpha value is -2.00. The lowest BCUT2D eigenvalue weighted by Gasteiger charge is -2.29. The normalized spacial score (nSPS) is 20.1. The molecule has 0 unspecified atom stereocenters. The lowest BCUT2D eigenvalue weighted by atomic mass is 10.0. The number of carbonyl (C=O) groups is 1. The van der Waals surface area contributed by atoms with Gasteiger partial charge in [0.15, 0.2) is 4.90 Å². The van der Waals surface area contributed by atoms with Crippen molar-refractivity contribution in [3.63, 3.8) is 0 Å². The molecule has 8 nitrogen and oxygen atoms in total. The molecule has 1 saturated heterocycles. The molecule has 9 heteroatoms. The molecule has 0 amide bonds. The van der Waals surface area contributed by atoms with Crippen LogP contribution in [0.2, 0.25) is 0 Å². The van der Waals surface area contributed by atoms with Gasteiger partial charge in [0, 0.05) is 19.2 Å². The number of nitrogens with zero attached hydrogens (tertiary/aromatic N) is 2. The molecule has 0 aromatic heterocycles. The predicted molar refractivity (Wildman–Crippen MR) is 72.2 cm³/mol. The van der Waals surface area contributed by atoms with Crippen molar-refractivity contribution >= 4 is 21.7 Å². The fourth-order valence-electron chi connectivity index (χ4n) is 2.33. The summed E-state index contributed by atoms with van der Waals surface area (Å²) in [5.41, 5.74) is -0.505. The van der Waals surface area contributed by atoms with Crippen molar-refractivity contribution in [2.24, 2.45) is 5.92 Å². The molecule has 0 radical (unpaired) electrons. The summed E-state index contributed by atoms with van der Waals surface area (Å²) in [6, 6.07) is 5.06. The van der Waals surface area contributed by atoms with Gasteiger partial charge in [0.05, 0.1) is 10.8 Å². The third-order valence-electron chi connectivity index (χ3n) is 3.41. The molecular formula is C12H14N2O6S. The van der Waals surface area contributed by atoms with Crippen molar-refractivity contribution in [1.29, 1.82) is 0 Å². The maximum absolute atomic E-state index is 12.5. The van der Waals surface area contributed by atoms with Crippen molar-refractivity contribution in [1.82, 2.24) is 4.31 Å². The second kappa shape index (κ2) is 5.78. The van der Waals surface area contributed by atoms with Gasteiger partial charge in [-0.25, -0.2) is 8.42 Å². The smallest absolute Gasteiger partial charge is 0.307 e. The molecule has 1 atom stereocenters. The molecule has 0 spiro atoms. The van der Waals surface area contributed by atoms with Gasteiger partial charge in [0.2, 0.25) is 10.0 Å². The van der Waals surface area contributed by atoms with Crippen LogP contribution < -0.4 is 0 Å². The molecule has 114 valence electrons. The quantitative estimate of drug-likeness (QED) is 0.656. The molecule has 1 aromatic rings. The van der Waals surface area contributed by atoms with E-state index in [0.29, 0.717) is 12.8 Å². The number of hydrogen-bond acceptors (Lipinski definition) is 5. The Morgan fingerprint density at radius 2 is 2.05 bits per heavy atom. The van der Waals surface area contributed by atoms with E-state index in [1.807, 2.05) is 0 Å². The van der Waals surface area contributed by atoms with E-state index >= 15 is 0 Å². The van der Waals surface area contributed by atoms with E-state index in [0.717, 1.165) is 16.4 Å². The highest BCUT2D eigenvalue weighted by Gasteiger charge is 2.36. The largest absolute Gasteiger partial charge is 0.481 e. The Labute approximate surface area is 121 Å². The highest BCUT2D eigenvalue weighted by atomic mass is 32.2. The van der Waals surface area contributed by atoms with Gasteiger partial charge in [-0.15, -0.1) is 0 Å². The first-order valence-electron chi connectivity index (χ1n) is 6.30. The number of carboxylic acids is 1. The minimum atomic E-state index is -4.08. The van der Waals surface area contributed by atoms with Gasteiger partial charge in [-0.1, -0.05) is 12.1 Å². The number of para-hydroxylation sites is 1. The van der Waals surface area contributed by atoms with E-state index in [1.54, 1.807) is 0 Å². The molecule has 0 aliphatic carbocycles. The summed E-state index contributed by atoms with van der Waals surface area (Å²) in [5.74, 6) is -1.84. The first-order chi connectivity index (χ1) is 9.84. The SMILES string of the molecule is O=C(O)[C@H]1CCCN(S(=O)(=O)c2ccccc2[N+](=O)[O-])C1. The van der Waals surface area contributed by atoms with Crippen LogP contribution in [-0.4, -0.2) is 41.8 Å². The maximum Gasteiger partial charge on any atom is 0.307 e. The van der Waals surface area contributed by atoms with Crippen molar-refractivity contribution in [2.75, 3.05) is 13.1 Å². The summed E-state index contributed by atoms with van der Waals surface area (Å²) < 4.78 is 26.0. The molecule has 0 bridgehead atoms. The van der Waals surface area contributed by atoms with Crippen LogP contribution in [0.5, 0.6) is 0 Å². The van der Waals surface area contributed by atoms with Crippen LogP contribution in [0, 0.1) is 16.0 Å². The van der Waals surface area contributed by atoms with Gasteiger partial charge in [-0.2, -0.15) is 4.31 Å². The summed E-state index contributed by atoms with van der Waals surface area (Å²) in [5, 5.41) is 20.0. The van der Waals surface area contributed by atoms with E-state index in [1.165, 1.54) is 12.1 Å². The summed E-state index contributed by atoms with van der Waals surface area (Å²) in [7, 11) is -4.08. The molecule has 21 heavy (non-hydrogen) atoms. The number of piperidine rings is 1. The predicted octanol–water partition coefficient (Wildman–Crippen LogP) is 1.08. The molecule has 2 rings (SSSR count). The topological polar surface area (TPSA) is 118 Å². The molecule has 1 fully saturated rings. The highest BCUT2D eigenvalue weighted by molar-refractivity contribution is 7.89. The van der Waals surface area contributed by atoms with E-state index in [-0.39, 0.29) is 13.1 Å². The number of carboxylic acid groups (broad SMARTS) is 1. The maximum atomic E-state index is 12.5. The molecule has 1 aliphatic rings. The number of sulfonamides is 1. The summed E-state index contributed by atoms with van der Waals surface area (Å²) in [6.45, 7) is 0.00186. The molecular weight excluding hydrogens is 300 g/mol. The van der Waals surface area contributed by atoms with Crippen molar-refractivity contribution in [3.05, 3.63) is 34.4 Å². The lowest BCUT2D eigenvalue weighted by molar-refractivity contribution is -0.387. The van der Waals surface area contributed by atoms with Gasteiger partial charge in [0.25, 0.3) is 5.69 Å². The Morgan fingerprint density at radius 3 is 2.67 bits per heavy atom. The Kier molecular flexibility index (Phi) is 4.24. The first kappa shape index (κ1) is 15.4. The van der Waals surface area contributed by atoms with Gasteiger partial charge in [-0.05, 0) is 18.9 Å². The van der Waals surface area contributed by atoms with Crippen LogP contribution in [-0.2, 0) is 14.8 Å². The van der Waals surface area contributed by atoms with Crippen molar-refractivity contribution < 1.29 is 23.2 Å². The van der Waals surface area contributed by atoms with Crippen LogP contribution in [0.1, 0.15) is 12.8 Å². The van der Waals surface area contributed by atoms with Gasteiger partial charge >= 0.3 is 5.97 Å². The molecule has 1 heterocycles. The van der Waals surface area contributed by atoms with Crippen LogP contribution in [0.4, 0.5) is 5.69 Å². The fourth-order valence-corrected chi connectivity index (χ4v) is 4.01. The zero-order valence-corrected chi connectivity index (χ0v) is 11.8. The number of benzene rings is 1. The average Bonchev–Trinajstić information content (AvgIpc) is 2.47. The number of nitro benzene ring substituents is 1. The van der Waals surface area contributed by atoms with E-state index < -0.39 is 37.4 Å². The second-order valence-corrected chi connectivity index (χ2v) is 6.67. The fraction of sp³-hybridized carbons (Fsp3) is 0.417. The van der Waals surface area contributed by atoms with Gasteiger partial charge in [-0.3, -0.25) is 14.9 Å². The summed E-state index contributed by atoms with van der Waals surface area (Å²) in [4.78, 5) is 20.8. The van der Waals surface area contributed by atoms with Crippen molar-refractivity contribution in [3.8, 4) is 0 Å². The minimum absolute atomic E-state index is 0.163. The first-order valence-corrected chi connectivity index (χ1v) is 7.74. The summed E-state index contributed by atoms with van der Waals surface area (Å²) in [6.07, 6.45) is 0.815. The third-order valence-corrected chi connectivity index (χ3v) is 5.33. The van der Waals surface area contributed by atoms with Crippen LogP contribution in [0.25, 0.3) is 0 Å². The second-order valence-electron chi connectivity index (χ2n) is 4.77. The Balaban J connectivity index is 2.38. The third kappa shape index (κ3) is 3.03. The van der Waals surface area contributed by atoms with Crippen molar-refractivity contribution in [2.45, 2.75) is 17.7 Å². The minimum Gasteiger partial charge on any atom is -0.481 e. The number of aliphatic carboxylic acids is 1. The van der Waals surface area contributed by atoms with Crippen LogP contribution in [0.3, 0.4) is 0 Å². The molecule has 1 N–H and O–H groups in total. The zero-order valence-electron chi connectivity index (χ0n) is 11.0. The lowest BCUT2D eigenvalue weighted by Crippen LogP contribution is -2.42. The van der Waals surface area contributed by atoms with Gasteiger partial charge in [0.1, 0.15) is 0 Å². The standard InChI is InChI=1S/C12H14N2O6S/c15-12(16)9-4-3-7-13(8-9)21(19,20)11-6-2-1-5-10(11)14(17)18/h1-2,5-6,9H,3-4,7-8H2,(H,15,16)/t9-/m0/s1. The van der Waals surface area contributed by atoms with E-state index in [4.69, 9.17) is 5.11 Å². The summed E-state index contributed by atoms with van der Waals surface area (Å²) >= 11 is 0.